The Labute approximate surface area is 90.2 Å². The SMILES string of the molecule is CC(C)(C)OC(=O)N1[C@@H]2CC[C@@H]1[C@@H](O)C2. The van der Waals surface area contributed by atoms with Crippen molar-refractivity contribution in [2.75, 3.05) is 0 Å². The van der Waals surface area contributed by atoms with Crippen LogP contribution in [0.4, 0.5) is 4.79 Å². The van der Waals surface area contributed by atoms with Crippen LogP contribution >= 0.6 is 0 Å². The van der Waals surface area contributed by atoms with E-state index >= 15 is 0 Å². The summed E-state index contributed by atoms with van der Waals surface area (Å²) in [5.74, 6) is 0. The molecule has 2 fully saturated rings. The first kappa shape index (κ1) is 10.7. The first-order valence-electron chi connectivity index (χ1n) is 5.58. The number of aliphatic hydroxyl groups excluding tert-OH is 1. The van der Waals surface area contributed by atoms with E-state index in [1.807, 2.05) is 20.8 Å². The third-order valence-electron chi connectivity index (χ3n) is 3.11. The molecule has 0 aromatic carbocycles. The van der Waals surface area contributed by atoms with E-state index in [4.69, 9.17) is 4.74 Å². The molecule has 2 rings (SSSR count). The molecule has 0 unspecified atom stereocenters. The van der Waals surface area contributed by atoms with Crippen LogP contribution in [0.1, 0.15) is 40.0 Å². The third-order valence-corrected chi connectivity index (χ3v) is 3.11. The molecule has 0 saturated carbocycles. The molecule has 2 aliphatic rings. The van der Waals surface area contributed by atoms with Crippen molar-refractivity contribution >= 4 is 6.09 Å². The Balaban J connectivity index is 2.03. The van der Waals surface area contributed by atoms with Crippen molar-refractivity contribution in [1.29, 1.82) is 0 Å². The molecule has 2 bridgehead atoms. The summed E-state index contributed by atoms with van der Waals surface area (Å²) in [4.78, 5) is 13.6. The van der Waals surface area contributed by atoms with Gasteiger partial charge in [-0.05, 0) is 40.0 Å². The molecule has 4 nitrogen and oxygen atoms in total. The fourth-order valence-corrected chi connectivity index (χ4v) is 2.56. The number of ether oxygens (including phenoxy) is 1. The van der Waals surface area contributed by atoms with E-state index < -0.39 is 5.60 Å². The fourth-order valence-electron chi connectivity index (χ4n) is 2.56. The van der Waals surface area contributed by atoms with E-state index in [0.29, 0.717) is 6.42 Å². The maximum Gasteiger partial charge on any atom is 0.410 e. The first-order valence-corrected chi connectivity index (χ1v) is 5.58. The topological polar surface area (TPSA) is 49.8 Å². The summed E-state index contributed by atoms with van der Waals surface area (Å²) < 4.78 is 5.33. The van der Waals surface area contributed by atoms with Gasteiger partial charge in [0.1, 0.15) is 5.60 Å². The Bertz CT molecular complexity index is 271. The van der Waals surface area contributed by atoms with E-state index in [0.717, 1.165) is 12.8 Å². The lowest BCUT2D eigenvalue weighted by Gasteiger charge is -2.27. The molecule has 0 spiro atoms. The summed E-state index contributed by atoms with van der Waals surface area (Å²) in [5.41, 5.74) is -0.454. The quantitative estimate of drug-likeness (QED) is 0.663. The maximum absolute atomic E-state index is 11.9. The van der Waals surface area contributed by atoms with Crippen LogP contribution in [0.3, 0.4) is 0 Å². The lowest BCUT2D eigenvalue weighted by atomic mass is 9.98. The van der Waals surface area contributed by atoms with Crippen molar-refractivity contribution in [2.45, 2.75) is 63.8 Å². The highest BCUT2D eigenvalue weighted by molar-refractivity contribution is 5.70. The van der Waals surface area contributed by atoms with Gasteiger partial charge in [0.2, 0.25) is 0 Å². The molecular formula is C11H19NO3. The summed E-state index contributed by atoms with van der Waals surface area (Å²) in [7, 11) is 0. The number of amides is 1. The van der Waals surface area contributed by atoms with Gasteiger partial charge in [-0.3, -0.25) is 4.90 Å². The van der Waals surface area contributed by atoms with Crippen LogP contribution in [0, 0.1) is 0 Å². The predicted molar refractivity (Wildman–Crippen MR) is 55.5 cm³/mol. The van der Waals surface area contributed by atoms with Crippen molar-refractivity contribution < 1.29 is 14.6 Å². The van der Waals surface area contributed by atoms with Gasteiger partial charge in [-0.25, -0.2) is 4.79 Å². The zero-order valence-electron chi connectivity index (χ0n) is 9.56. The third kappa shape index (κ3) is 1.95. The molecule has 86 valence electrons. The van der Waals surface area contributed by atoms with Gasteiger partial charge >= 0.3 is 6.09 Å². The first-order chi connectivity index (χ1) is 6.88. The molecule has 4 heteroatoms. The van der Waals surface area contributed by atoms with Crippen molar-refractivity contribution in [3.05, 3.63) is 0 Å². The number of hydrogen-bond acceptors (Lipinski definition) is 3. The van der Waals surface area contributed by atoms with Gasteiger partial charge in [0.05, 0.1) is 12.1 Å². The molecule has 1 amide bonds. The summed E-state index contributed by atoms with van der Waals surface area (Å²) in [6.45, 7) is 5.58. The van der Waals surface area contributed by atoms with Crippen LogP contribution in [-0.4, -0.2) is 39.9 Å². The van der Waals surface area contributed by atoms with Crippen LogP contribution in [0.15, 0.2) is 0 Å². The number of carbonyl (C=O) groups is 1. The minimum Gasteiger partial charge on any atom is -0.444 e. The smallest absolute Gasteiger partial charge is 0.410 e. The molecule has 0 aromatic heterocycles. The Morgan fingerprint density at radius 3 is 2.47 bits per heavy atom. The van der Waals surface area contributed by atoms with Gasteiger partial charge in [0, 0.05) is 6.04 Å². The molecule has 15 heavy (non-hydrogen) atoms. The second-order valence-corrected chi connectivity index (χ2v) is 5.49. The highest BCUT2D eigenvalue weighted by Crippen LogP contribution is 2.38. The van der Waals surface area contributed by atoms with Gasteiger partial charge in [-0.1, -0.05) is 0 Å². The summed E-state index contributed by atoms with van der Waals surface area (Å²) >= 11 is 0. The summed E-state index contributed by atoms with van der Waals surface area (Å²) in [6.07, 6.45) is 2.00. The maximum atomic E-state index is 11.9. The standard InChI is InChI=1S/C11H19NO3/c1-11(2,3)15-10(14)12-7-4-5-8(12)9(13)6-7/h7-9,13H,4-6H2,1-3H3/t7-,8-,9+/m1/s1. The Morgan fingerprint density at radius 2 is 2.07 bits per heavy atom. The molecule has 1 N–H and O–H groups in total. The normalized spacial score (nSPS) is 34.7. The molecular weight excluding hydrogens is 194 g/mol. The lowest BCUT2D eigenvalue weighted by molar-refractivity contribution is 0.0170. The Morgan fingerprint density at radius 1 is 1.40 bits per heavy atom. The number of fused-ring (bicyclic) bond motifs is 2. The van der Waals surface area contributed by atoms with E-state index in [1.165, 1.54) is 0 Å². The second-order valence-electron chi connectivity index (χ2n) is 5.49. The largest absolute Gasteiger partial charge is 0.444 e. The van der Waals surface area contributed by atoms with E-state index in [-0.39, 0.29) is 24.3 Å². The average Bonchev–Trinajstić information content (AvgIpc) is 2.55. The van der Waals surface area contributed by atoms with Gasteiger partial charge in [0.15, 0.2) is 0 Å². The minimum atomic E-state index is -0.454. The van der Waals surface area contributed by atoms with Crippen molar-refractivity contribution in [2.24, 2.45) is 0 Å². The van der Waals surface area contributed by atoms with Gasteiger partial charge in [-0.2, -0.15) is 0 Å². The minimum absolute atomic E-state index is 0.00940. The Hall–Kier alpha value is -0.770. The number of hydrogen-bond donors (Lipinski definition) is 1. The summed E-state index contributed by atoms with van der Waals surface area (Å²) in [5, 5.41) is 9.69. The monoisotopic (exact) mass is 213 g/mol. The lowest BCUT2D eigenvalue weighted by Crippen LogP contribution is -2.41. The van der Waals surface area contributed by atoms with Crippen molar-refractivity contribution in [3.63, 3.8) is 0 Å². The van der Waals surface area contributed by atoms with Crippen LogP contribution in [0.25, 0.3) is 0 Å². The van der Waals surface area contributed by atoms with E-state index in [2.05, 4.69) is 0 Å². The van der Waals surface area contributed by atoms with Crippen LogP contribution in [0.5, 0.6) is 0 Å². The van der Waals surface area contributed by atoms with Crippen molar-refractivity contribution in [1.82, 2.24) is 4.90 Å². The van der Waals surface area contributed by atoms with Gasteiger partial charge in [-0.15, -0.1) is 0 Å². The van der Waals surface area contributed by atoms with Crippen LogP contribution < -0.4 is 0 Å². The molecule has 2 saturated heterocycles. The average molecular weight is 213 g/mol. The Kier molecular flexibility index (Phi) is 2.41. The summed E-state index contributed by atoms with van der Waals surface area (Å²) in [6, 6.07) is 0.185. The molecule has 0 radical (unpaired) electrons. The molecule has 0 aromatic rings. The van der Waals surface area contributed by atoms with E-state index in [1.54, 1.807) is 4.90 Å². The molecule has 2 aliphatic heterocycles. The second kappa shape index (κ2) is 3.37. The number of carbonyl (C=O) groups excluding carboxylic acids is 1. The van der Waals surface area contributed by atoms with Gasteiger partial charge < -0.3 is 9.84 Å². The molecule has 2 heterocycles. The molecule has 3 atom stereocenters. The number of aliphatic hydroxyl groups is 1. The molecule has 0 aliphatic carbocycles. The zero-order chi connectivity index (χ0) is 11.2. The number of rotatable bonds is 0. The predicted octanol–water partition coefficient (Wildman–Crippen LogP) is 1.52. The van der Waals surface area contributed by atoms with Crippen molar-refractivity contribution in [3.8, 4) is 0 Å². The van der Waals surface area contributed by atoms with Crippen LogP contribution in [0.2, 0.25) is 0 Å². The highest BCUT2D eigenvalue weighted by Gasteiger charge is 2.49. The van der Waals surface area contributed by atoms with E-state index in [9.17, 15) is 9.90 Å². The fraction of sp³-hybridized carbons (Fsp3) is 0.909. The van der Waals surface area contributed by atoms with Crippen LogP contribution in [-0.2, 0) is 4.74 Å². The number of nitrogens with zero attached hydrogens (tertiary/aromatic N) is 1. The zero-order valence-corrected chi connectivity index (χ0v) is 9.56. The highest BCUT2D eigenvalue weighted by atomic mass is 16.6. The van der Waals surface area contributed by atoms with Gasteiger partial charge in [0.25, 0.3) is 0 Å².